The first kappa shape index (κ1) is 13.0. The van der Waals surface area contributed by atoms with E-state index in [9.17, 15) is 13.2 Å². The van der Waals surface area contributed by atoms with Gasteiger partial charge in [-0.2, -0.15) is 0 Å². The summed E-state index contributed by atoms with van der Waals surface area (Å²) in [5.74, 6) is -2.42. The number of hydrogen-bond acceptors (Lipinski definition) is 6. The summed E-state index contributed by atoms with van der Waals surface area (Å²) in [4.78, 5) is 10.4. The second-order valence-electron chi connectivity index (χ2n) is 3.56. The number of nitrogens with zero attached hydrogens (tertiary/aromatic N) is 4. The van der Waals surface area contributed by atoms with Gasteiger partial charge in [0.1, 0.15) is 6.33 Å². The predicted octanol–water partition coefficient (Wildman–Crippen LogP) is -0.511. The summed E-state index contributed by atoms with van der Waals surface area (Å²) in [5.41, 5.74) is 0.773. The molecule has 0 fully saturated rings. The van der Waals surface area contributed by atoms with Gasteiger partial charge in [-0.15, -0.1) is 5.10 Å². The third-order valence-corrected chi connectivity index (χ3v) is 3.22. The van der Waals surface area contributed by atoms with E-state index in [2.05, 4.69) is 20.2 Å². The highest BCUT2D eigenvalue weighted by atomic mass is 32.2. The van der Waals surface area contributed by atoms with Crippen LogP contribution in [0, 0.1) is 0 Å². The third kappa shape index (κ3) is 3.48. The molecule has 0 unspecified atom stereocenters. The maximum absolute atomic E-state index is 11.5. The lowest BCUT2D eigenvalue weighted by molar-refractivity contribution is -0.134. The van der Waals surface area contributed by atoms with Crippen LogP contribution in [0.2, 0.25) is 0 Å². The van der Waals surface area contributed by atoms with Crippen LogP contribution in [0.5, 0.6) is 0 Å². The smallest absolute Gasteiger partial charge is 0.320 e. The molecule has 0 amide bonds. The van der Waals surface area contributed by atoms with Gasteiger partial charge in [0, 0.05) is 0 Å². The van der Waals surface area contributed by atoms with E-state index in [0.717, 1.165) is 0 Å². The Labute approximate surface area is 107 Å². The summed E-state index contributed by atoms with van der Waals surface area (Å²) in [7, 11) is -3.93. The average molecular weight is 283 g/mol. The van der Waals surface area contributed by atoms with E-state index >= 15 is 0 Å². The largest absolute Gasteiger partial charge is 0.480 e. The lowest BCUT2D eigenvalue weighted by atomic mass is 10.3. The summed E-state index contributed by atoms with van der Waals surface area (Å²) in [6, 6.07) is 6.24. The number of hydrogen-bond donors (Lipinski definition) is 2. The van der Waals surface area contributed by atoms with Gasteiger partial charge >= 0.3 is 5.97 Å². The molecular formula is C9H9N5O4S. The number of carbonyl (C=O) groups is 1. The molecule has 1 heterocycles. The van der Waals surface area contributed by atoms with Crippen LogP contribution < -0.4 is 4.72 Å². The van der Waals surface area contributed by atoms with Gasteiger partial charge in [-0.05, 0) is 28.6 Å². The number of carboxylic acid groups (broad SMARTS) is 1. The van der Waals surface area contributed by atoms with Gasteiger partial charge in [-0.3, -0.25) is 9.52 Å². The fraction of sp³-hybridized carbons (Fsp3) is 0.111. The van der Waals surface area contributed by atoms with Crippen LogP contribution >= 0.6 is 0 Å². The van der Waals surface area contributed by atoms with Crippen molar-refractivity contribution in [2.24, 2.45) is 0 Å². The fourth-order valence-electron chi connectivity index (χ4n) is 1.37. The molecule has 0 aliphatic carbocycles. The van der Waals surface area contributed by atoms with Crippen molar-refractivity contribution in [3.05, 3.63) is 30.6 Å². The van der Waals surface area contributed by atoms with Gasteiger partial charge in [0.15, 0.2) is 5.75 Å². The number of tetrazole rings is 1. The lowest BCUT2D eigenvalue weighted by Gasteiger charge is -2.07. The molecular weight excluding hydrogens is 274 g/mol. The number of nitrogens with one attached hydrogen (secondary N) is 1. The topological polar surface area (TPSA) is 127 Å². The first-order valence-corrected chi connectivity index (χ1v) is 6.67. The molecule has 100 valence electrons. The van der Waals surface area contributed by atoms with Crippen LogP contribution in [0.3, 0.4) is 0 Å². The molecule has 1 aromatic heterocycles. The monoisotopic (exact) mass is 283 g/mol. The maximum Gasteiger partial charge on any atom is 0.320 e. The van der Waals surface area contributed by atoms with Gasteiger partial charge in [-0.25, -0.2) is 13.1 Å². The zero-order valence-corrected chi connectivity index (χ0v) is 10.3. The molecule has 0 radical (unpaired) electrons. The highest BCUT2D eigenvalue weighted by Crippen LogP contribution is 2.14. The first-order valence-electron chi connectivity index (χ1n) is 5.02. The molecule has 0 saturated carbocycles. The van der Waals surface area contributed by atoms with E-state index in [-0.39, 0.29) is 5.69 Å². The number of sulfonamides is 1. The molecule has 10 heteroatoms. The standard InChI is InChI=1S/C9H9N5O4S/c15-9(16)5-19(17,18)11-7-2-1-3-8(4-7)14-6-10-12-13-14/h1-4,6,11H,5H2,(H,15,16). The van der Waals surface area contributed by atoms with E-state index in [0.29, 0.717) is 5.69 Å². The van der Waals surface area contributed by atoms with Crippen molar-refractivity contribution in [3.8, 4) is 5.69 Å². The first-order chi connectivity index (χ1) is 8.96. The quantitative estimate of drug-likeness (QED) is 0.756. The van der Waals surface area contributed by atoms with Crippen molar-refractivity contribution in [2.75, 3.05) is 10.5 Å². The maximum atomic E-state index is 11.5. The highest BCUT2D eigenvalue weighted by Gasteiger charge is 2.15. The number of benzene rings is 1. The molecule has 0 aliphatic rings. The van der Waals surface area contributed by atoms with Crippen molar-refractivity contribution < 1.29 is 18.3 Å². The van der Waals surface area contributed by atoms with Crippen molar-refractivity contribution in [2.45, 2.75) is 0 Å². The zero-order chi connectivity index (χ0) is 13.9. The Bertz CT molecular complexity index is 682. The minimum atomic E-state index is -3.93. The SMILES string of the molecule is O=C(O)CS(=O)(=O)Nc1cccc(-n2cnnn2)c1. The van der Waals surface area contributed by atoms with Gasteiger partial charge in [-0.1, -0.05) is 6.07 Å². The number of anilines is 1. The summed E-state index contributed by atoms with van der Waals surface area (Å²) < 4.78 is 26.4. The normalized spacial score (nSPS) is 11.2. The Morgan fingerprint density at radius 3 is 2.84 bits per heavy atom. The summed E-state index contributed by atoms with van der Waals surface area (Å²) in [6.45, 7) is 0. The zero-order valence-electron chi connectivity index (χ0n) is 9.46. The number of rotatable bonds is 5. The average Bonchev–Trinajstić information content (AvgIpc) is 2.79. The van der Waals surface area contributed by atoms with Gasteiger partial charge < -0.3 is 5.11 Å². The third-order valence-electron chi connectivity index (χ3n) is 2.05. The van der Waals surface area contributed by atoms with Crippen LogP contribution in [0.1, 0.15) is 0 Å². The molecule has 2 aromatic rings. The number of carboxylic acids is 1. The van der Waals surface area contributed by atoms with Crippen molar-refractivity contribution >= 4 is 21.7 Å². The van der Waals surface area contributed by atoms with E-state index in [1.54, 1.807) is 12.1 Å². The number of aliphatic carboxylic acids is 1. The van der Waals surface area contributed by atoms with Crippen LogP contribution in [0.15, 0.2) is 30.6 Å². The Kier molecular flexibility index (Phi) is 3.42. The molecule has 2 N–H and O–H groups in total. The molecule has 9 nitrogen and oxygen atoms in total. The fourth-order valence-corrected chi connectivity index (χ4v) is 2.25. The minimum Gasteiger partial charge on any atom is -0.480 e. The number of aromatic nitrogens is 4. The van der Waals surface area contributed by atoms with Crippen LogP contribution in [0.4, 0.5) is 5.69 Å². The van der Waals surface area contributed by atoms with E-state index < -0.39 is 21.7 Å². The second kappa shape index (κ2) is 5.02. The Balaban J connectivity index is 2.23. The Morgan fingerprint density at radius 2 is 2.21 bits per heavy atom. The minimum absolute atomic E-state index is 0.231. The van der Waals surface area contributed by atoms with Crippen molar-refractivity contribution in [3.63, 3.8) is 0 Å². The molecule has 0 saturated heterocycles. The van der Waals surface area contributed by atoms with Crippen LogP contribution in [0.25, 0.3) is 5.69 Å². The Hall–Kier alpha value is -2.49. The van der Waals surface area contributed by atoms with E-state index in [1.807, 2.05) is 0 Å². The molecule has 1 aromatic carbocycles. The lowest BCUT2D eigenvalue weighted by Crippen LogP contribution is -2.22. The molecule has 19 heavy (non-hydrogen) atoms. The van der Waals surface area contributed by atoms with Crippen molar-refractivity contribution in [1.82, 2.24) is 20.2 Å². The predicted molar refractivity (Wildman–Crippen MR) is 64.2 cm³/mol. The van der Waals surface area contributed by atoms with Gasteiger partial charge in [0.05, 0.1) is 11.4 Å². The summed E-state index contributed by atoms with van der Waals surface area (Å²) >= 11 is 0. The van der Waals surface area contributed by atoms with E-state index in [1.165, 1.54) is 23.1 Å². The van der Waals surface area contributed by atoms with Crippen LogP contribution in [-0.4, -0.2) is 45.5 Å². The molecule has 0 spiro atoms. The van der Waals surface area contributed by atoms with Crippen molar-refractivity contribution in [1.29, 1.82) is 0 Å². The highest BCUT2D eigenvalue weighted by molar-refractivity contribution is 7.93. The Morgan fingerprint density at radius 1 is 1.42 bits per heavy atom. The molecule has 0 atom stereocenters. The molecule has 2 rings (SSSR count). The van der Waals surface area contributed by atoms with Gasteiger partial charge in [0.2, 0.25) is 10.0 Å². The van der Waals surface area contributed by atoms with Crippen LogP contribution in [-0.2, 0) is 14.8 Å². The summed E-state index contributed by atoms with van der Waals surface area (Å²) in [6.07, 6.45) is 1.35. The molecule has 0 bridgehead atoms. The summed E-state index contributed by atoms with van der Waals surface area (Å²) in [5, 5.41) is 19.1. The molecule has 0 aliphatic heterocycles. The van der Waals surface area contributed by atoms with E-state index in [4.69, 9.17) is 5.11 Å². The second-order valence-corrected chi connectivity index (χ2v) is 5.28. The van der Waals surface area contributed by atoms with Gasteiger partial charge in [0.25, 0.3) is 0 Å².